The highest BCUT2D eigenvalue weighted by molar-refractivity contribution is 6.21. The zero-order valence-electron chi connectivity index (χ0n) is 15.5. The van der Waals surface area contributed by atoms with E-state index in [0.717, 1.165) is 24.8 Å². The van der Waals surface area contributed by atoms with Crippen molar-refractivity contribution in [2.75, 3.05) is 6.54 Å². The monoisotopic (exact) mass is 367 g/mol. The lowest BCUT2D eigenvalue weighted by Crippen LogP contribution is -2.46. The number of amides is 1. The number of hydrogen-bond donors (Lipinski definition) is 1. The Bertz CT molecular complexity index is 558. The quantitative estimate of drug-likeness (QED) is 0.765. The molecule has 0 aromatic heterocycles. The fourth-order valence-corrected chi connectivity index (χ4v) is 3.53. The van der Waals surface area contributed by atoms with E-state index >= 15 is 0 Å². The maximum atomic E-state index is 12.6. The van der Waals surface area contributed by atoms with Crippen molar-refractivity contribution in [3.05, 3.63) is 35.9 Å². The van der Waals surface area contributed by atoms with Gasteiger partial charge < -0.3 is 14.7 Å². The highest BCUT2D eigenvalue weighted by Crippen LogP contribution is 2.35. The highest BCUT2D eigenvalue weighted by atomic mass is 35.5. The van der Waals surface area contributed by atoms with E-state index < -0.39 is 11.2 Å². The Morgan fingerprint density at radius 1 is 1.32 bits per heavy atom. The normalized spacial score (nSPS) is 24.0. The first-order chi connectivity index (χ1) is 11.7. The summed E-state index contributed by atoms with van der Waals surface area (Å²) in [7, 11) is 0. The van der Waals surface area contributed by atoms with E-state index in [-0.39, 0.29) is 11.5 Å². The first-order valence-electron chi connectivity index (χ1n) is 9.08. The molecule has 1 amide bonds. The van der Waals surface area contributed by atoms with Crippen LogP contribution < -0.4 is 0 Å². The minimum absolute atomic E-state index is 0.251. The Labute approximate surface area is 156 Å². The van der Waals surface area contributed by atoms with E-state index in [1.165, 1.54) is 0 Å². The molecule has 1 aliphatic carbocycles. The fourth-order valence-electron chi connectivity index (χ4n) is 3.16. The van der Waals surface area contributed by atoms with Gasteiger partial charge in [0.2, 0.25) is 0 Å². The molecule has 140 valence electrons. The molecule has 1 fully saturated rings. The van der Waals surface area contributed by atoms with Gasteiger partial charge in [0.25, 0.3) is 0 Å². The number of carbonyl (C=O) groups is 1. The van der Waals surface area contributed by atoms with E-state index in [0.29, 0.717) is 25.9 Å². The molecule has 0 aliphatic heterocycles. The van der Waals surface area contributed by atoms with Gasteiger partial charge in [0.15, 0.2) is 0 Å². The van der Waals surface area contributed by atoms with E-state index in [9.17, 15) is 9.90 Å². The summed E-state index contributed by atoms with van der Waals surface area (Å²) >= 11 is 6.37. The largest absolute Gasteiger partial charge is 0.444 e. The minimum atomic E-state index is -0.906. The summed E-state index contributed by atoms with van der Waals surface area (Å²) in [5.74, 6) is 0. The number of carbonyl (C=O) groups excluding carboxylic acids is 1. The average molecular weight is 368 g/mol. The van der Waals surface area contributed by atoms with E-state index in [1.54, 1.807) is 4.90 Å². The summed E-state index contributed by atoms with van der Waals surface area (Å²) < 4.78 is 5.54. The molecule has 5 heteroatoms. The van der Waals surface area contributed by atoms with Crippen molar-refractivity contribution >= 4 is 17.7 Å². The highest BCUT2D eigenvalue weighted by Gasteiger charge is 2.38. The van der Waals surface area contributed by atoms with Gasteiger partial charge in [0, 0.05) is 13.1 Å². The van der Waals surface area contributed by atoms with E-state index in [1.807, 2.05) is 51.1 Å². The summed E-state index contributed by atoms with van der Waals surface area (Å²) in [6.45, 7) is 6.45. The lowest BCUT2D eigenvalue weighted by molar-refractivity contribution is -0.0148. The second-order valence-electron chi connectivity index (χ2n) is 7.95. The molecular weight excluding hydrogens is 338 g/mol. The maximum Gasteiger partial charge on any atom is 0.410 e. The molecule has 0 spiro atoms. The van der Waals surface area contributed by atoms with Gasteiger partial charge in [-0.1, -0.05) is 43.2 Å². The van der Waals surface area contributed by atoms with Gasteiger partial charge in [-0.25, -0.2) is 4.79 Å². The molecule has 0 bridgehead atoms. The van der Waals surface area contributed by atoms with Gasteiger partial charge in [0.05, 0.1) is 11.0 Å². The molecule has 4 nitrogen and oxygen atoms in total. The zero-order valence-corrected chi connectivity index (χ0v) is 16.3. The smallest absolute Gasteiger partial charge is 0.410 e. The molecule has 0 radical (unpaired) electrons. The van der Waals surface area contributed by atoms with Crippen LogP contribution >= 0.6 is 11.6 Å². The summed E-state index contributed by atoms with van der Waals surface area (Å²) in [6, 6.07) is 9.82. The third-order valence-corrected chi connectivity index (χ3v) is 5.21. The molecule has 1 aromatic rings. The van der Waals surface area contributed by atoms with Crippen LogP contribution in [0.2, 0.25) is 0 Å². The van der Waals surface area contributed by atoms with Gasteiger partial charge in [0.1, 0.15) is 5.60 Å². The summed E-state index contributed by atoms with van der Waals surface area (Å²) in [4.78, 5) is 14.3. The zero-order chi connectivity index (χ0) is 18.5. The molecule has 2 rings (SSSR count). The number of halogens is 1. The van der Waals surface area contributed by atoms with Crippen molar-refractivity contribution in [2.45, 2.75) is 76.0 Å². The molecule has 1 saturated carbocycles. The molecule has 1 aliphatic rings. The van der Waals surface area contributed by atoms with Crippen LogP contribution in [0.5, 0.6) is 0 Å². The molecule has 1 N–H and O–H groups in total. The Morgan fingerprint density at radius 2 is 2.00 bits per heavy atom. The van der Waals surface area contributed by atoms with Gasteiger partial charge in [-0.05, 0) is 45.6 Å². The number of aliphatic hydroxyl groups is 1. The standard InChI is InChI=1S/C20H30ClNO3/c1-19(2,3)25-18(23)22(15-16-9-5-4-6-10-16)14-13-20(24)12-8-7-11-17(20)21/h4-6,9-10,17,24H,7-8,11-15H2,1-3H3. The van der Waals surface area contributed by atoms with Crippen molar-refractivity contribution < 1.29 is 14.6 Å². The number of ether oxygens (including phenoxy) is 1. The topological polar surface area (TPSA) is 49.8 Å². The molecule has 0 heterocycles. The summed E-state index contributed by atoms with van der Waals surface area (Å²) in [6.07, 6.45) is 3.65. The third-order valence-electron chi connectivity index (χ3n) is 4.58. The van der Waals surface area contributed by atoms with Crippen LogP contribution in [0.15, 0.2) is 30.3 Å². The molecule has 25 heavy (non-hydrogen) atoms. The first-order valence-corrected chi connectivity index (χ1v) is 9.51. The predicted molar refractivity (Wildman–Crippen MR) is 101 cm³/mol. The second-order valence-corrected chi connectivity index (χ2v) is 8.48. The van der Waals surface area contributed by atoms with E-state index in [4.69, 9.17) is 16.3 Å². The number of nitrogens with zero attached hydrogens (tertiary/aromatic N) is 1. The SMILES string of the molecule is CC(C)(C)OC(=O)N(CCC1(O)CCCCC1Cl)Cc1ccccc1. The van der Waals surface area contributed by atoms with Crippen LogP contribution in [0.1, 0.15) is 58.4 Å². The molecule has 2 atom stereocenters. The maximum absolute atomic E-state index is 12.6. The first kappa shape index (κ1) is 20.1. The van der Waals surface area contributed by atoms with Crippen LogP contribution in [0.25, 0.3) is 0 Å². The number of benzene rings is 1. The van der Waals surface area contributed by atoms with Gasteiger partial charge in [-0.3, -0.25) is 0 Å². The second kappa shape index (κ2) is 8.41. The van der Waals surface area contributed by atoms with Crippen molar-refractivity contribution in [3.63, 3.8) is 0 Å². The predicted octanol–water partition coefficient (Wildman–Crippen LogP) is 4.73. The minimum Gasteiger partial charge on any atom is -0.444 e. The number of rotatable bonds is 5. The Morgan fingerprint density at radius 3 is 2.60 bits per heavy atom. The van der Waals surface area contributed by atoms with Crippen LogP contribution in [0, 0.1) is 0 Å². The molecular formula is C20H30ClNO3. The molecule has 2 unspecified atom stereocenters. The Hall–Kier alpha value is -1.26. The van der Waals surface area contributed by atoms with Gasteiger partial charge in [-0.15, -0.1) is 11.6 Å². The molecule has 1 aromatic carbocycles. The third kappa shape index (κ3) is 6.19. The van der Waals surface area contributed by atoms with Crippen LogP contribution in [-0.4, -0.2) is 39.2 Å². The number of hydrogen-bond acceptors (Lipinski definition) is 3. The van der Waals surface area contributed by atoms with Crippen molar-refractivity contribution in [2.24, 2.45) is 0 Å². The fraction of sp³-hybridized carbons (Fsp3) is 0.650. The summed E-state index contributed by atoms with van der Waals surface area (Å²) in [5, 5.41) is 10.6. The van der Waals surface area contributed by atoms with Crippen LogP contribution in [-0.2, 0) is 11.3 Å². The van der Waals surface area contributed by atoms with Crippen LogP contribution in [0.4, 0.5) is 4.79 Å². The van der Waals surface area contributed by atoms with Gasteiger partial charge in [-0.2, -0.15) is 0 Å². The van der Waals surface area contributed by atoms with Crippen molar-refractivity contribution in [1.82, 2.24) is 4.90 Å². The molecule has 0 saturated heterocycles. The number of alkyl halides is 1. The van der Waals surface area contributed by atoms with E-state index in [2.05, 4.69) is 0 Å². The Kier molecular flexibility index (Phi) is 6.75. The van der Waals surface area contributed by atoms with Crippen LogP contribution in [0.3, 0.4) is 0 Å². The lowest BCUT2D eigenvalue weighted by Gasteiger charge is -2.38. The van der Waals surface area contributed by atoms with Crippen molar-refractivity contribution in [1.29, 1.82) is 0 Å². The van der Waals surface area contributed by atoms with Gasteiger partial charge >= 0.3 is 6.09 Å². The average Bonchev–Trinajstić information content (AvgIpc) is 2.54. The summed E-state index contributed by atoms with van der Waals surface area (Å²) in [5.41, 5.74) is -0.425. The lowest BCUT2D eigenvalue weighted by atomic mass is 9.82. The van der Waals surface area contributed by atoms with Crippen molar-refractivity contribution in [3.8, 4) is 0 Å². The Balaban J connectivity index is 2.06.